The number of carbonyl (C=O) groups is 2. The van der Waals surface area contributed by atoms with Crippen molar-refractivity contribution in [2.45, 2.75) is 174 Å². The minimum Gasteiger partial charge on any atom is -0.756 e. The Morgan fingerprint density at radius 1 is 0.627 bits per heavy atom. The number of nitrogens with zero attached hydrogens (tertiary/aromatic N) is 1. The van der Waals surface area contributed by atoms with Crippen LogP contribution in [0.5, 0.6) is 0 Å². The fourth-order valence-electron chi connectivity index (χ4n) is 5.68. The number of aliphatic hydroxyl groups excluding tert-OH is 1. The van der Waals surface area contributed by atoms with Crippen molar-refractivity contribution in [1.82, 2.24) is 0 Å². The third kappa shape index (κ3) is 43.3. The molecule has 11 heteroatoms. The van der Waals surface area contributed by atoms with Crippen molar-refractivity contribution in [1.29, 1.82) is 0 Å². The summed E-state index contributed by atoms with van der Waals surface area (Å²) >= 11 is 0. The average molecular weight is 850 g/mol. The van der Waals surface area contributed by atoms with E-state index in [4.69, 9.17) is 18.5 Å². The lowest BCUT2D eigenvalue weighted by Gasteiger charge is -2.28. The molecule has 3 atom stereocenters. The normalized spacial score (nSPS) is 14.8. The number of hydrogen-bond acceptors (Lipinski definition) is 9. The lowest BCUT2D eigenvalue weighted by molar-refractivity contribution is -0.870. The average Bonchev–Trinajstić information content (AvgIpc) is 3.18. The first-order valence-electron chi connectivity index (χ1n) is 22.8. The highest BCUT2D eigenvalue weighted by molar-refractivity contribution is 7.45. The minimum absolute atomic E-state index is 0.0128. The number of phosphoric acid groups is 1. The van der Waals surface area contributed by atoms with E-state index in [-0.39, 0.29) is 26.1 Å². The van der Waals surface area contributed by atoms with Crippen LogP contribution in [-0.2, 0) is 32.7 Å². The van der Waals surface area contributed by atoms with Crippen molar-refractivity contribution in [3.8, 4) is 0 Å². The molecular weight excluding hydrogens is 765 g/mol. The molecule has 0 heterocycles. The molecule has 0 aliphatic carbocycles. The molecule has 0 fully saturated rings. The van der Waals surface area contributed by atoms with Gasteiger partial charge in [-0.15, -0.1) is 0 Å². The van der Waals surface area contributed by atoms with Crippen LogP contribution >= 0.6 is 7.82 Å². The lowest BCUT2D eigenvalue weighted by atomic mass is 10.1. The zero-order valence-corrected chi connectivity index (χ0v) is 38.7. The molecule has 0 saturated carbocycles. The van der Waals surface area contributed by atoms with Gasteiger partial charge in [0.1, 0.15) is 19.8 Å². The second-order valence-electron chi connectivity index (χ2n) is 16.3. The van der Waals surface area contributed by atoms with Gasteiger partial charge in [0.2, 0.25) is 0 Å². The molecule has 0 saturated heterocycles. The summed E-state index contributed by atoms with van der Waals surface area (Å²) in [4.78, 5) is 37.6. The predicted octanol–water partition coefficient (Wildman–Crippen LogP) is 11.4. The molecule has 10 nitrogen and oxygen atoms in total. The number of aliphatic hydroxyl groups is 1. The molecule has 0 aromatic rings. The van der Waals surface area contributed by atoms with Crippen LogP contribution in [0.4, 0.5) is 0 Å². The monoisotopic (exact) mass is 850 g/mol. The third-order valence-electron chi connectivity index (χ3n) is 9.30. The Balaban J connectivity index is 4.62. The van der Waals surface area contributed by atoms with Crippen LogP contribution in [0.2, 0.25) is 0 Å². The van der Waals surface area contributed by atoms with E-state index in [1.54, 1.807) is 12.2 Å². The van der Waals surface area contributed by atoms with Crippen molar-refractivity contribution < 1.29 is 47.2 Å². The summed E-state index contributed by atoms with van der Waals surface area (Å²) in [5.41, 5.74) is 0. The predicted molar refractivity (Wildman–Crippen MR) is 242 cm³/mol. The Hall–Kier alpha value is -2.59. The summed E-state index contributed by atoms with van der Waals surface area (Å²) in [6.45, 7) is 3.92. The van der Waals surface area contributed by atoms with Gasteiger partial charge < -0.3 is 33.0 Å². The first kappa shape index (κ1) is 56.4. The molecule has 0 aromatic carbocycles. The number of phosphoric ester groups is 1. The highest BCUT2D eigenvalue weighted by atomic mass is 31.2. The molecule has 0 aliphatic rings. The number of rotatable bonds is 40. The van der Waals surface area contributed by atoms with Crippen molar-refractivity contribution in [3.63, 3.8) is 0 Å². The Morgan fingerprint density at radius 3 is 1.71 bits per heavy atom. The maximum atomic E-state index is 12.7. The van der Waals surface area contributed by atoms with Crippen LogP contribution < -0.4 is 4.89 Å². The first-order chi connectivity index (χ1) is 28.4. The number of ether oxygens (including phenoxy) is 2. The van der Waals surface area contributed by atoms with Gasteiger partial charge in [-0.1, -0.05) is 151 Å². The Bertz CT molecular complexity index is 1250. The maximum Gasteiger partial charge on any atom is 0.306 e. The molecule has 0 bridgehead atoms. The van der Waals surface area contributed by atoms with Crippen molar-refractivity contribution in [3.05, 3.63) is 72.9 Å². The number of carbonyl (C=O) groups excluding carboxylic acids is 2. The largest absolute Gasteiger partial charge is 0.756 e. The standard InChI is InChI=1S/C48H84NO9P/c1-6-8-10-12-14-16-18-20-21-22-23-25-27-29-31-33-35-39-47(51)55-43-46(44-57-59(53,54)56-42-41-49(3,4)5)58-48(52)40-36-38-45(50)37-34-32-30-28-26-24-19-17-15-13-11-9-7-2/h20-21,23-26,29-32,34,37,45-46,50H,6-19,22,27-28,33,35-36,38-44H2,1-5H3/b21-20-,25-23-,26-24+,31-29-,32-30+,37-34+/t45?,46-/m1/s1. The molecule has 0 amide bonds. The Labute approximate surface area is 360 Å². The fourth-order valence-corrected chi connectivity index (χ4v) is 6.41. The zero-order chi connectivity index (χ0) is 43.7. The molecule has 0 aromatic heterocycles. The smallest absolute Gasteiger partial charge is 0.306 e. The Morgan fingerprint density at radius 2 is 1.14 bits per heavy atom. The number of unbranched alkanes of at least 4 members (excludes halogenated alkanes) is 13. The Kier molecular flexibility index (Phi) is 37.8. The molecule has 340 valence electrons. The topological polar surface area (TPSA) is 131 Å². The number of likely N-dealkylation sites (N-methyl/N-ethyl adjacent to an activating group) is 1. The van der Waals surface area contributed by atoms with Gasteiger partial charge in [-0.25, -0.2) is 0 Å². The molecule has 0 aliphatic heterocycles. The maximum absolute atomic E-state index is 12.7. The van der Waals surface area contributed by atoms with Crippen molar-refractivity contribution in [2.24, 2.45) is 0 Å². The van der Waals surface area contributed by atoms with Crippen LogP contribution in [0.25, 0.3) is 0 Å². The minimum atomic E-state index is -4.69. The van der Waals surface area contributed by atoms with Gasteiger partial charge in [0, 0.05) is 12.8 Å². The second kappa shape index (κ2) is 39.5. The molecular formula is C48H84NO9P. The van der Waals surface area contributed by atoms with Gasteiger partial charge in [-0.2, -0.15) is 0 Å². The van der Waals surface area contributed by atoms with E-state index in [1.807, 2.05) is 39.4 Å². The van der Waals surface area contributed by atoms with E-state index in [1.165, 1.54) is 77.0 Å². The van der Waals surface area contributed by atoms with Gasteiger partial charge in [0.05, 0.1) is 33.9 Å². The molecule has 0 rings (SSSR count). The van der Waals surface area contributed by atoms with Gasteiger partial charge in [0.25, 0.3) is 7.82 Å². The van der Waals surface area contributed by atoms with Gasteiger partial charge in [-0.3, -0.25) is 14.2 Å². The summed E-state index contributed by atoms with van der Waals surface area (Å²) < 4.78 is 33.7. The highest BCUT2D eigenvalue weighted by Crippen LogP contribution is 2.38. The van der Waals surface area contributed by atoms with E-state index in [2.05, 4.69) is 56.4 Å². The summed E-state index contributed by atoms with van der Waals surface area (Å²) in [5.74, 6) is -1.10. The van der Waals surface area contributed by atoms with E-state index >= 15 is 0 Å². The third-order valence-corrected chi connectivity index (χ3v) is 10.3. The van der Waals surface area contributed by atoms with E-state index in [0.29, 0.717) is 36.7 Å². The van der Waals surface area contributed by atoms with Crippen molar-refractivity contribution in [2.75, 3.05) is 47.5 Å². The van der Waals surface area contributed by atoms with E-state index in [9.17, 15) is 24.2 Å². The first-order valence-corrected chi connectivity index (χ1v) is 24.2. The van der Waals surface area contributed by atoms with Crippen LogP contribution in [0.3, 0.4) is 0 Å². The molecule has 2 unspecified atom stereocenters. The van der Waals surface area contributed by atoms with Gasteiger partial charge >= 0.3 is 11.9 Å². The SMILES string of the molecule is CCCCCCCC/C=C\C/C=C\C/C=C\CCCC(=O)OC[C@H](COP(=O)([O-])OCC[N+](C)(C)C)OC(=O)CCCC(O)/C=C/C=C/C/C=C/CCCCCCCC. The number of quaternary nitrogens is 1. The number of hydrogen-bond donors (Lipinski definition) is 1. The lowest BCUT2D eigenvalue weighted by Crippen LogP contribution is -2.37. The van der Waals surface area contributed by atoms with Crippen molar-refractivity contribution >= 4 is 19.8 Å². The van der Waals surface area contributed by atoms with Crippen LogP contribution in [0, 0.1) is 0 Å². The molecule has 1 N–H and O–H groups in total. The van der Waals surface area contributed by atoms with E-state index in [0.717, 1.165) is 32.1 Å². The summed E-state index contributed by atoms with van der Waals surface area (Å²) in [6, 6.07) is 0. The van der Waals surface area contributed by atoms with Gasteiger partial charge in [-0.05, 0) is 70.6 Å². The zero-order valence-electron chi connectivity index (χ0n) is 37.8. The quantitative estimate of drug-likeness (QED) is 0.0160. The van der Waals surface area contributed by atoms with Gasteiger partial charge in [0.15, 0.2) is 6.10 Å². The van der Waals surface area contributed by atoms with Crippen LogP contribution in [0.15, 0.2) is 72.9 Å². The number of esters is 2. The summed E-state index contributed by atoms with van der Waals surface area (Å²) in [7, 11) is 1.02. The number of allylic oxidation sites excluding steroid dienone is 11. The second-order valence-corrected chi connectivity index (χ2v) is 17.7. The molecule has 59 heavy (non-hydrogen) atoms. The molecule has 0 spiro atoms. The van der Waals surface area contributed by atoms with Crippen LogP contribution in [-0.4, -0.2) is 81.2 Å². The van der Waals surface area contributed by atoms with Crippen LogP contribution in [0.1, 0.15) is 162 Å². The van der Waals surface area contributed by atoms with E-state index < -0.39 is 38.6 Å². The summed E-state index contributed by atoms with van der Waals surface area (Å²) in [5, 5.41) is 10.3. The highest BCUT2D eigenvalue weighted by Gasteiger charge is 2.22. The summed E-state index contributed by atoms with van der Waals surface area (Å²) in [6.07, 6.45) is 45.4. The molecule has 0 radical (unpaired) electrons. The fraction of sp³-hybridized carbons (Fsp3) is 0.708.